The van der Waals surface area contributed by atoms with Gasteiger partial charge in [0.1, 0.15) is 17.3 Å². The van der Waals surface area contributed by atoms with Gasteiger partial charge < -0.3 is 35.3 Å². The number of hydrogen-bond donors (Lipinski definition) is 3. The number of nitrogens with one attached hydrogen (secondary N) is 2. The van der Waals surface area contributed by atoms with Crippen LogP contribution in [0.25, 0.3) is 6.08 Å². The number of benzene rings is 1. The molecule has 1 amide bonds. The van der Waals surface area contributed by atoms with Crippen molar-refractivity contribution in [3.8, 4) is 0 Å². The van der Waals surface area contributed by atoms with Gasteiger partial charge in [-0.25, -0.2) is 8.78 Å². The van der Waals surface area contributed by atoms with Gasteiger partial charge in [0, 0.05) is 25.2 Å². The number of nitrogens with two attached hydrogens (primary N) is 1. The summed E-state index contributed by atoms with van der Waals surface area (Å²) >= 11 is 0. The summed E-state index contributed by atoms with van der Waals surface area (Å²) in [5.41, 5.74) is 5.98. The fourth-order valence-electron chi connectivity index (χ4n) is 2.86. The lowest BCUT2D eigenvalue weighted by atomic mass is 10.1. The highest BCUT2D eigenvalue weighted by atomic mass is 19.1. The number of ether oxygens (including phenoxy) is 4. The van der Waals surface area contributed by atoms with Crippen LogP contribution in [0.3, 0.4) is 0 Å². The number of carbonyl (C=O) groups excluding carboxylic acids is 1. The number of rotatable bonds is 21. The average Bonchev–Trinajstić information content (AvgIpc) is 2.87. The number of carbonyl (C=O) groups is 1. The van der Waals surface area contributed by atoms with Crippen LogP contribution in [0, 0.1) is 11.6 Å². The third kappa shape index (κ3) is 15.5. The standard InChI is InChI=1S/C26H41F2N3O5/c1-3-5-6-25(32)31-10-12-34-14-16-36-18-17-35-15-13-33-11-9-30-22(4-2)8-7-21-19-23(27)26(29)24(28)20-21/h4,7-8,19-20,30H,3,5-6,9-18,29H2,1-2H3,(H,31,32)/b8-7+,22-4+. The minimum absolute atomic E-state index is 0.0665. The maximum atomic E-state index is 13.5. The average molecular weight is 514 g/mol. The molecule has 1 aromatic rings. The first-order valence-corrected chi connectivity index (χ1v) is 12.4. The van der Waals surface area contributed by atoms with E-state index in [4.69, 9.17) is 24.7 Å². The molecule has 0 fully saturated rings. The lowest BCUT2D eigenvalue weighted by Crippen LogP contribution is -2.27. The van der Waals surface area contributed by atoms with Crippen molar-refractivity contribution in [3.63, 3.8) is 0 Å². The zero-order valence-corrected chi connectivity index (χ0v) is 21.5. The number of hydrogen-bond acceptors (Lipinski definition) is 7. The zero-order chi connectivity index (χ0) is 26.4. The Hall–Kier alpha value is -2.53. The molecule has 0 heterocycles. The maximum Gasteiger partial charge on any atom is 0.220 e. The Balaban J connectivity index is 1.94. The molecular formula is C26H41F2N3O5. The smallest absolute Gasteiger partial charge is 0.220 e. The van der Waals surface area contributed by atoms with Crippen LogP contribution in [0.5, 0.6) is 0 Å². The molecule has 1 aromatic carbocycles. The molecule has 8 nitrogen and oxygen atoms in total. The van der Waals surface area contributed by atoms with E-state index in [0.29, 0.717) is 77.9 Å². The van der Waals surface area contributed by atoms with Crippen LogP contribution < -0.4 is 16.4 Å². The van der Waals surface area contributed by atoms with E-state index < -0.39 is 17.3 Å². The molecule has 0 saturated carbocycles. The van der Waals surface area contributed by atoms with Gasteiger partial charge >= 0.3 is 0 Å². The van der Waals surface area contributed by atoms with E-state index in [1.54, 1.807) is 12.2 Å². The van der Waals surface area contributed by atoms with Crippen LogP contribution in [0.4, 0.5) is 14.5 Å². The normalized spacial score (nSPS) is 11.8. The number of anilines is 1. The van der Waals surface area contributed by atoms with Crippen molar-refractivity contribution >= 4 is 17.7 Å². The summed E-state index contributed by atoms with van der Waals surface area (Å²) in [6.07, 6.45) is 7.66. The molecule has 1 rings (SSSR count). The van der Waals surface area contributed by atoms with Crippen molar-refractivity contribution in [2.24, 2.45) is 0 Å². The summed E-state index contributed by atoms with van der Waals surface area (Å²) in [5.74, 6) is -1.49. The molecule has 0 aliphatic carbocycles. The molecule has 0 aromatic heterocycles. The largest absolute Gasteiger partial charge is 0.394 e. The Morgan fingerprint density at radius 3 is 1.89 bits per heavy atom. The number of allylic oxidation sites excluding steroid dienone is 2. The van der Waals surface area contributed by atoms with Crippen LogP contribution in [-0.2, 0) is 23.7 Å². The Labute approximate surface area is 213 Å². The van der Waals surface area contributed by atoms with Gasteiger partial charge in [0.05, 0.1) is 52.9 Å². The predicted octanol–water partition coefficient (Wildman–Crippen LogP) is 3.43. The highest BCUT2D eigenvalue weighted by Crippen LogP contribution is 2.18. The quantitative estimate of drug-likeness (QED) is 0.131. The molecule has 0 unspecified atom stereocenters. The SMILES string of the molecule is C/C=C(\C=C\c1cc(F)c(N)c(F)c1)NCCOCCOCCOCCOCCNC(=O)CCCC. The molecule has 0 radical (unpaired) electrons. The second kappa shape index (κ2) is 20.6. The molecule has 0 aliphatic heterocycles. The molecule has 0 aliphatic rings. The van der Waals surface area contributed by atoms with Gasteiger partial charge in [-0.3, -0.25) is 4.79 Å². The monoisotopic (exact) mass is 513 g/mol. The van der Waals surface area contributed by atoms with Crippen LogP contribution in [0.15, 0.2) is 30.0 Å². The van der Waals surface area contributed by atoms with Gasteiger partial charge in [0.15, 0.2) is 0 Å². The Kier molecular flexibility index (Phi) is 18.1. The number of amides is 1. The fraction of sp³-hybridized carbons (Fsp3) is 0.577. The molecule has 0 spiro atoms. The second-order valence-electron chi connectivity index (χ2n) is 7.81. The van der Waals surface area contributed by atoms with Crippen molar-refractivity contribution < 1.29 is 32.5 Å². The van der Waals surface area contributed by atoms with Crippen LogP contribution in [-0.4, -0.2) is 71.9 Å². The minimum atomic E-state index is -0.780. The molecule has 4 N–H and O–H groups in total. The minimum Gasteiger partial charge on any atom is -0.394 e. The first kappa shape index (κ1) is 31.5. The molecule has 36 heavy (non-hydrogen) atoms. The summed E-state index contributed by atoms with van der Waals surface area (Å²) in [7, 11) is 0. The summed E-state index contributed by atoms with van der Waals surface area (Å²) < 4.78 is 48.8. The van der Waals surface area contributed by atoms with Gasteiger partial charge in [-0.15, -0.1) is 0 Å². The van der Waals surface area contributed by atoms with E-state index >= 15 is 0 Å². The first-order chi connectivity index (χ1) is 17.5. The fourth-order valence-corrected chi connectivity index (χ4v) is 2.86. The molecule has 0 saturated heterocycles. The van der Waals surface area contributed by atoms with E-state index in [2.05, 4.69) is 17.6 Å². The zero-order valence-electron chi connectivity index (χ0n) is 21.5. The predicted molar refractivity (Wildman–Crippen MR) is 137 cm³/mol. The van der Waals surface area contributed by atoms with Crippen LogP contribution in [0.2, 0.25) is 0 Å². The summed E-state index contributed by atoms with van der Waals surface area (Å²) in [4.78, 5) is 11.4. The Morgan fingerprint density at radius 2 is 1.39 bits per heavy atom. The van der Waals surface area contributed by atoms with Crippen molar-refractivity contribution in [1.82, 2.24) is 10.6 Å². The van der Waals surface area contributed by atoms with Gasteiger partial charge in [0.25, 0.3) is 0 Å². The first-order valence-electron chi connectivity index (χ1n) is 12.4. The number of nitrogen functional groups attached to an aromatic ring is 1. The van der Waals surface area contributed by atoms with Crippen molar-refractivity contribution in [2.45, 2.75) is 33.1 Å². The Morgan fingerprint density at radius 1 is 0.889 bits per heavy atom. The van der Waals surface area contributed by atoms with E-state index in [1.807, 2.05) is 13.0 Å². The van der Waals surface area contributed by atoms with Crippen molar-refractivity contribution in [1.29, 1.82) is 0 Å². The second-order valence-corrected chi connectivity index (χ2v) is 7.81. The lowest BCUT2D eigenvalue weighted by molar-refractivity contribution is -0.121. The van der Waals surface area contributed by atoms with E-state index in [9.17, 15) is 13.6 Å². The third-order valence-electron chi connectivity index (χ3n) is 4.89. The van der Waals surface area contributed by atoms with Gasteiger partial charge in [-0.2, -0.15) is 0 Å². The summed E-state index contributed by atoms with van der Waals surface area (Å²) in [6.45, 7) is 8.74. The lowest BCUT2D eigenvalue weighted by Gasteiger charge is -2.09. The van der Waals surface area contributed by atoms with Gasteiger partial charge in [0.2, 0.25) is 5.91 Å². The number of unbranched alkanes of at least 4 members (excludes halogenated alkanes) is 1. The van der Waals surface area contributed by atoms with Crippen LogP contribution >= 0.6 is 0 Å². The molecule has 0 atom stereocenters. The van der Waals surface area contributed by atoms with Crippen molar-refractivity contribution in [3.05, 3.63) is 47.2 Å². The molecule has 0 bridgehead atoms. The van der Waals surface area contributed by atoms with Gasteiger partial charge in [-0.05, 0) is 37.1 Å². The van der Waals surface area contributed by atoms with E-state index in [0.717, 1.165) is 18.5 Å². The van der Waals surface area contributed by atoms with E-state index in [1.165, 1.54) is 12.1 Å². The van der Waals surface area contributed by atoms with Gasteiger partial charge in [-0.1, -0.05) is 25.5 Å². The highest BCUT2D eigenvalue weighted by molar-refractivity contribution is 5.75. The topological polar surface area (TPSA) is 104 Å². The number of halogens is 2. The Bertz CT molecular complexity index is 783. The van der Waals surface area contributed by atoms with E-state index in [-0.39, 0.29) is 5.91 Å². The molecule has 10 heteroatoms. The maximum absolute atomic E-state index is 13.5. The highest BCUT2D eigenvalue weighted by Gasteiger charge is 2.06. The third-order valence-corrected chi connectivity index (χ3v) is 4.89. The summed E-state index contributed by atoms with van der Waals surface area (Å²) in [5, 5.41) is 5.99. The van der Waals surface area contributed by atoms with Crippen molar-refractivity contribution in [2.75, 3.05) is 71.7 Å². The van der Waals surface area contributed by atoms with Crippen LogP contribution in [0.1, 0.15) is 38.7 Å². The molecule has 204 valence electrons. The summed E-state index contributed by atoms with van der Waals surface area (Å²) in [6, 6.07) is 2.37. The molecular weight excluding hydrogens is 472 g/mol.